The van der Waals surface area contributed by atoms with Gasteiger partial charge in [0.15, 0.2) is 0 Å². The van der Waals surface area contributed by atoms with Crippen molar-refractivity contribution in [3.8, 4) is 0 Å². The second kappa shape index (κ2) is 10.6. The lowest BCUT2D eigenvalue weighted by molar-refractivity contribution is 1.47. The molecule has 0 fully saturated rings. The van der Waals surface area contributed by atoms with E-state index in [9.17, 15) is 0 Å². The molecule has 0 aliphatic rings. The van der Waals surface area contributed by atoms with Crippen LogP contribution in [0.3, 0.4) is 0 Å². The van der Waals surface area contributed by atoms with Gasteiger partial charge in [-0.1, -0.05) is 38.2 Å². The molecule has 0 atom stereocenters. The fourth-order valence-corrected chi connectivity index (χ4v) is 0.979. The van der Waals surface area contributed by atoms with Crippen molar-refractivity contribution in [3.05, 3.63) is 35.3 Å². The first-order chi connectivity index (χ1) is 5.74. The molecule has 0 saturated heterocycles. The topological polar surface area (TPSA) is 0 Å². The van der Waals surface area contributed by atoms with Crippen LogP contribution in [-0.2, 0) is 0 Å². The van der Waals surface area contributed by atoms with Gasteiger partial charge >= 0.3 is 0 Å². The molecular formula is C11H20S. The summed E-state index contributed by atoms with van der Waals surface area (Å²) in [6, 6.07) is 0. The van der Waals surface area contributed by atoms with E-state index in [1.165, 1.54) is 10.5 Å². The van der Waals surface area contributed by atoms with E-state index in [0.717, 1.165) is 0 Å². The highest BCUT2D eigenvalue weighted by Crippen LogP contribution is 2.14. The largest absolute Gasteiger partial charge is 0.130 e. The van der Waals surface area contributed by atoms with Crippen molar-refractivity contribution >= 4 is 11.8 Å². The molecule has 0 N–H and O–H groups in total. The van der Waals surface area contributed by atoms with E-state index in [-0.39, 0.29) is 0 Å². The summed E-state index contributed by atoms with van der Waals surface area (Å²) in [7, 11) is 0. The summed E-state index contributed by atoms with van der Waals surface area (Å²) in [6.07, 6.45) is 8.13. The minimum atomic E-state index is 1.22. The van der Waals surface area contributed by atoms with E-state index in [1.54, 1.807) is 11.8 Å². The van der Waals surface area contributed by atoms with Gasteiger partial charge in [-0.2, -0.15) is 0 Å². The number of hydrogen-bond acceptors (Lipinski definition) is 1. The van der Waals surface area contributed by atoms with E-state index < -0.39 is 0 Å². The molecule has 0 heterocycles. The van der Waals surface area contributed by atoms with Crippen LogP contribution in [0.1, 0.15) is 27.7 Å². The third-order valence-electron chi connectivity index (χ3n) is 1.26. The summed E-state index contributed by atoms with van der Waals surface area (Å²) in [6.45, 7) is 11.8. The number of rotatable bonds is 3. The van der Waals surface area contributed by atoms with Crippen LogP contribution in [0.2, 0.25) is 0 Å². The summed E-state index contributed by atoms with van der Waals surface area (Å²) in [5.74, 6) is 0. The number of thioether (sulfide) groups is 1. The molecule has 0 radical (unpaired) electrons. The van der Waals surface area contributed by atoms with E-state index in [2.05, 4.69) is 31.9 Å². The molecule has 0 aliphatic carbocycles. The summed E-state index contributed by atoms with van der Waals surface area (Å²) < 4.78 is 0. The molecule has 0 aromatic rings. The molecule has 0 bridgehead atoms. The second-order valence-corrected chi connectivity index (χ2v) is 2.87. The maximum absolute atomic E-state index is 3.70. The van der Waals surface area contributed by atoms with Crippen LogP contribution in [0, 0.1) is 0 Å². The predicted octanol–water partition coefficient (Wildman–Crippen LogP) is 4.41. The average molecular weight is 184 g/mol. The first-order valence-corrected chi connectivity index (χ1v) is 5.48. The molecule has 1 heteroatoms. The molecule has 0 nitrogen and oxygen atoms in total. The lowest BCUT2D eigenvalue weighted by Gasteiger charge is -1.94. The van der Waals surface area contributed by atoms with Gasteiger partial charge in [-0.3, -0.25) is 0 Å². The van der Waals surface area contributed by atoms with Crippen LogP contribution >= 0.6 is 11.8 Å². The van der Waals surface area contributed by atoms with Gasteiger partial charge < -0.3 is 0 Å². The van der Waals surface area contributed by atoms with Gasteiger partial charge in [0, 0.05) is 4.91 Å². The van der Waals surface area contributed by atoms with Gasteiger partial charge in [0.25, 0.3) is 0 Å². The van der Waals surface area contributed by atoms with E-state index in [4.69, 9.17) is 0 Å². The van der Waals surface area contributed by atoms with Crippen molar-refractivity contribution in [2.24, 2.45) is 0 Å². The van der Waals surface area contributed by atoms with Crippen LogP contribution in [0.25, 0.3) is 0 Å². The smallest absolute Gasteiger partial charge is 0.00657 e. The fraction of sp³-hybridized carbons (Fsp3) is 0.455. The van der Waals surface area contributed by atoms with Crippen LogP contribution in [0.15, 0.2) is 35.3 Å². The van der Waals surface area contributed by atoms with Crippen molar-refractivity contribution in [2.45, 2.75) is 27.7 Å². The molecule has 0 aromatic heterocycles. The van der Waals surface area contributed by atoms with Crippen molar-refractivity contribution in [2.75, 3.05) is 6.26 Å². The van der Waals surface area contributed by atoms with Gasteiger partial charge in [0.1, 0.15) is 0 Å². The summed E-state index contributed by atoms with van der Waals surface area (Å²) in [5.41, 5.74) is 1.28. The molecule has 0 unspecified atom stereocenters. The van der Waals surface area contributed by atoms with Crippen molar-refractivity contribution < 1.29 is 0 Å². The van der Waals surface area contributed by atoms with E-state index in [0.29, 0.717) is 0 Å². The predicted molar refractivity (Wildman–Crippen MR) is 62.6 cm³/mol. The van der Waals surface area contributed by atoms with Gasteiger partial charge in [0.2, 0.25) is 0 Å². The highest BCUT2D eigenvalue weighted by Gasteiger charge is 1.86. The van der Waals surface area contributed by atoms with Gasteiger partial charge in [-0.05, 0) is 26.2 Å². The summed E-state index contributed by atoms with van der Waals surface area (Å²) in [4.78, 5) is 1.22. The standard InChI is InChI=1S/C9H14S.C2H6/c1-5-8(3)7-9(6-2)10-4;1-2/h5-7H,2H2,1,3-4H3;1-2H3/b8-5-,9-7+;. The summed E-state index contributed by atoms with van der Waals surface area (Å²) in [5, 5.41) is 0. The number of allylic oxidation sites excluding steroid dienone is 4. The maximum Gasteiger partial charge on any atom is 0.00657 e. The zero-order chi connectivity index (χ0) is 9.98. The van der Waals surface area contributed by atoms with Crippen molar-refractivity contribution in [1.82, 2.24) is 0 Å². The minimum absolute atomic E-state index is 1.22. The van der Waals surface area contributed by atoms with Crippen LogP contribution in [0.5, 0.6) is 0 Å². The lowest BCUT2D eigenvalue weighted by atomic mass is 10.2. The van der Waals surface area contributed by atoms with Crippen molar-refractivity contribution in [3.63, 3.8) is 0 Å². The van der Waals surface area contributed by atoms with E-state index >= 15 is 0 Å². The highest BCUT2D eigenvalue weighted by atomic mass is 32.2. The fourth-order valence-electron chi connectivity index (χ4n) is 0.509. The third kappa shape index (κ3) is 7.67. The first-order valence-electron chi connectivity index (χ1n) is 4.25. The zero-order valence-corrected chi connectivity index (χ0v) is 9.66. The minimum Gasteiger partial charge on any atom is -0.130 e. The van der Waals surface area contributed by atoms with Crippen LogP contribution in [-0.4, -0.2) is 6.26 Å². The normalized spacial score (nSPS) is 11.8. The second-order valence-electron chi connectivity index (χ2n) is 1.99. The Morgan fingerprint density at radius 1 is 1.33 bits per heavy atom. The molecule has 0 saturated carbocycles. The average Bonchev–Trinajstić information content (AvgIpc) is 2.16. The van der Waals surface area contributed by atoms with Crippen LogP contribution in [0.4, 0.5) is 0 Å². The molecule has 0 rings (SSSR count). The zero-order valence-electron chi connectivity index (χ0n) is 8.85. The lowest BCUT2D eigenvalue weighted by Crippen LogP contribution is -1.70. The van der Waals surface area contributed by atoms with Gasteiger partial charge in [-0.25, -0.2) is 0 Å². The monoisotopic (exact) mass is 184 g/mol. The van der Waals surface area contributed by atoms with Crippen LogP contribution < -0.4 is 0 Å². The van der Waals surface area contributed by atoms with Gasteiger partial charge in [-0.15, -0.1) is 11.8 Å². The Kier molecular flexibility index (Phi) is 12.4. The SMILES string of the molecule is C=C/C(=C\C(C)=C/C)SC.CC. The third-order valence-corrected chi connectivity index (χ3v) is 2.02. The first kappa shape index (κ1) is 14.1. The Bertz CT molecular complexity index is 164. The van der Waals surface area contributed by atoms with Crippen molar-refractivity contribution in [1.29, 1.82) is 0 Å². The Labute approximate surface area is 81.4 Å². The highest BCUT2D eigenvalue weighted by molar-refractivity contribution is 8.02. The Morgan fingerprint density at radius 3 is 2.08 bits per heavy atom. The molecule has 0 aliphatic heterocycles. The molecular weight excluding hydrogens is 164 g/mol. The maximum atomic E-state index is 3.70. The number of hydrogen-bond donors (Lipinski definition) is 0. The Morgan fingerprint density at radius 2 is 1.83 bits per heavy atom. The quantitative estimate of drug-likeness (QED) is 0.585. The van der Waals surface area contributed by atoms with E-state index in [1.807, 2.05) is 26.8 Å². The summed E-state index contributed by atoms with van der Waals surface area (Å²) >= 11 is 1.72. The Hall–Kier alpha value is -0.430. The molecule has 12 heavy (non-hydrogen) atoms. The molecule has 0 amide bonds. The Balaban J connectivity index is 0. The van der Waals surface area contributed by atoms with Gasteiger partial charge in [0.05, 0.1) is 0 Å². The molecule has 70 valence electrons. The molecule has 0 aromatic carbocycles. The molecule has 0 spiro atoms.